The molecule has 0 radical (unpaired) electrons. The van der Waals surface area contributed by atoms with Crippen LogP contribution in [-0.2, 0) is 0 Å². The highest BCUT2D eigenvalue weighted by atomic mass is 15.2. The summed E-state index contributed by atoms with van der Waals surface area (Å²) in [6, 6.07) is 139. The maximum absolute atomic E-state index is 2.70. The molecule has 0 amide bonds. The maximum atomic E-state index is 2.70. The van der Waals surface area contributed by atoms with Crippen LogP contribution in [0.15, 0.2) is 370 Å². The van der Waals surface area contributed by atoms with Gasteiger partial charge in [0.05, 0.1) is 39.1 Å². The number of anilines is 6. The third kappa shape index (κ3) is 8.48. The van der Waals surface area contributed by atoms with E-state index in [1.807, 2.05) is 0 Å². The molecule has 18 aromatic carbocycles. The molecule has 0 aliphatic carbocycles. The van der Waals surface area contributed by atoms with Crippen LogP contribution >= 0.6 is 0 Å². The Hall–Kier alpha value is -13.5. The van der Waals surface area contributed by atoms with Gasteiger partial charge in [0, 0.05) is 72.2 Å². The van der Waals surface area contributed by atoms with Crippen LogP contribution in [0.5, 0.6) is 0 Å². The number of aromatic nitrogens is 2. The molecule has 0 N–H and O–H groups in total. The van der Waals surface area contributed by atoms with Crippen LogP contribution in [-0.4, -0.2) is 15.8 Å². The van der Waals surface area contributed by atoms with Gasteiger partial charge in [0.2, 0.25) is 0 Å². The van der Waals surface area contributed by atoms with E-state index in [2.05, 4.69) is 389 Å². The second-order valence-corrected chi connectivity index (χ2v) is 27.7. The second kappa shape index (κ2) is 22.5. The van der Waals surface area contributed by atoms with Crippen molar-refractivity contribution in [1.82, 2.24) is 9.13 Å². The Morgan fingerprint density at radius 3 is 1.07 bits per heavy atom. The van der Waals surface area contributed by atoms with Gasteiger partial charge in [-0.15, -0.1) is 0 Å². The van der Waals surface area contributed by atoms with Crippen LogP contribution < -0.4 is 26.2 Å². The molecule has 0 bridgehead atoms. The van der Waals surface area contributed by atoms with E-state index in [-0.39, 0.29) is 6.71 Å². The molecule has 476 valence electrons. The number of hydrogen-bond donors (Lipinski definition) is 0. The summed E-state index contributed by atoms with van der Waals surface area (Å²) in [6.45, 7) is -0.292. The topological polar surface area (TPSA) is 16.3 Å². The first-order chi connectivity index (χ1) is 51.2. The zero-order valence-electron chi connectivity index (χ0n) is 56.1. The number of benzene rings is 18. The monoisotopic (exact) mass is 1300 g/mol. The zero-order valence-corrected chi connectivity index (χ0v) is 56.1. The summed E-state index contributed by atoms with van der Waals surface area (Å²) >= 11 is 0. The van der Waals surface area contributed by atoms with Crippen molar-refractivity contribution in [3.8, 4) is 67.0 Å². The Kier molecular flexibility index (Phi) is 12.6. The number of rotatable bonds is 9. The minimum Gasteiger partial charge on any atom is -0.310 e. The number of hydrogen-bond acceptors (Lipinski definition) is 2. The molecule has 4 nitrogen and oxygen atoms in total. The van der Waals surface area contributed by atoms with Crippen LogP contribution in [0.3, 0.4) is 0 Å². The van der Waals surface area contributed by atoms with Crippen molar-refractivity contribution >= 4 is 144 Å². The molecule has 0 fully saturated rings. The third-order valence-electron chi connectivity index (χ3n) is 22.4. The number of para-hydroxylation sites is 6. The predicted octanol–water partition coefficient (Wildman–Crippen LogP) is 24.3. The normalized spacial score (nSPS) is 12.6. The Morgan fingerprint density at radius 2 is 0.583 bits per heavy atom. The SMILES string of the molecule is c1ccc(-c2cccc(-c3ccccc3)c2N2c3ccc(-c4ccc5c6cccc7cccc(c8cccc4c85)c76)cc3B3c4ccc(-n5c6ccccc6c6ccccc65)cc4N(c4c(-c5ccccc5)cccc4-c4ccccc4)c4cc(-n5c6ccccc6c6ccccc65)cc2c43)cc1. The first-order valence-electron chi connectivity index (χ1n) is 35.8. The molecule has 103 heavy (non-hydrogen) atoms. The first kappa shape index (κ1) is 57.4. The minimum atomic E-state index is -0.292. The van der Waals surface area contributed by atoms with Crippen LogP contribution in [0.2, 0.25) is 0 Å². The fourth-order valence-electron chi connectivity index (χ4n) is 18.2. The molecule has 0 saturated heterocycles. The fourth-order valence-corrected chi connectivity index (χ4v) is 18.2. The van der Waals surface area contributed by atoms with Gasteiger partial charge < -0.3 is 18.9 Å². The summed E-state index contributed by atoms with van der Waals surface area (Å²) in [6.07, 6.45) is 0. The van der Waals surface area contributed by atoms with E-state index in [1.165, 1.54) is 86.6 Å². The summed E-state index contributed by atoms with van der Waals surface area (Å²) in [5.41, 5.74) is 28.5. The average molecular weight is 1310 g/mol. The zero-order chi connectivity index (χ0) is 67.4. The number of fused-ring (bicyclic) bond motifs is 12. The molecule has 2 aliphatic heterocycles. The van der Waals surface area contributed by atoms with Crippen molar-refractivity contribution in [2.24, 2.45) is 0 Å². The van der Waals surface area contributed by atoms with Crippen molar-refractivity contribution < 1.29 is 0 Å². The van der Waals surface area contributed by atoms with Crippen LogP contribution in [0.4, 0.5) is 34.1 Å². The molecular weight excluding hydrogens is 1240 g/mol. The second-order valence-electron chi connectivity index (χ2n) is 27.7. The Morgan fingerprint density at radius 1 is 0.204 bits per heavy atom. The average Bonchev–Trinajstić information content (AvgIpc) is 1.11. The van der Waals surface area contributed by atoms with Gasteiger partial charge in [0.15, 0.2) is 0 Å². The lowest BCUT2D eigenvalue weighted by atomic mass is 9.33. The quantitative estimate of drug-likeness (QED) is 0.0814. The summed E-state index contributed by atoms with van der Waals surface area (Å²) in [7, 11) is 0. The van der Waals surface area contributed by atoms with Gasteiger partial charge in [-0.2, -0.15) is 0 Å². The molecule has 2 aromatic heterocycles. The van der Waals surface area contributed by atoms with E-state index < -0.39 is 0 Å². The van der Waals surface area contributed by atoms with Crippen LogP contribution in [0.1, 0.15) is 0 Å². The summed E-state index contributed by atoms with van der Waals surface area (Å²) in [4.78, 5) is 5.38. The molecule has 22 rings (SSSR count). The summed E-state index contributed by atoms with van der Waals surface area (Å²) in [5.74, 6) is 0. The van der Waals surface area contributed by atoms with Crippen molar-refractivity contribution in [1.29, 1.82) is 0 Å². The van der Waals surface area contributed by atoms with Crippen molar-refractivity contribution in [3.63, 3.8) is 0 Å². The molecule has 0 atom stereocenters. The Labute approximate surface area is 596 Å². The molecule has 0 spiro atoms. The third-order valence-corrected chi connectivity index (χ3v) is 22.4. The van der Waals surface area contributed by atoms with Gasteiger partial charge in [0.25, 0.3) is 6.71 Å². The van der Waals surface area contributed by atoms with Crippen molar-refractivity contribution in [2.75, 3.05) is 9.80 Å². The minimum absolute atomic E-state index is 0.292. The Balaban J connectivity index is 0.925. The van der Waals surface area contributed by atoms with E-state index in [4.69, 9.17) is 0 Å². The van der Waals surface area contributed by atoms with E-state index in [1.54, 1.807) is 0 Å². The highest BCUT2D eigenvalue weighted by molar-refractivity contribution is 7.00. The van der Waals surface area contributed by atoms with Gasteiger partial charge in [-0.25, -0.2) is 0 Å². The summed E-state index contributed by atoms with van der Waals surface area (Å²) in [5, 5.41) is 15.1. The molecule has 0 saturated carbocycles. The molecular formula is C98H61BN4. The molecule has 5 heteroatoms. The lowest BCUT2D eigenvalue weighted by molar-refractivity contribution is 1.15. The summed E-state index contributed by atoms with van der Waals surface area (Å²) < 4.78 is 5.03. The predicted molar refractivity (Wildman–Crippen MR) is 438 cm³/mol. The van der Waals surface area contributed by atoms with Gasteiger partial charge >= 0.3 is 0 Å². The van der Waals surface area contributed by atoms with E-state index in [0.717, 1.165) is 118 Å². The molecule has 20 aromatic rings. The van der Waals surface area contributed by atoms with E-state index >= 15 is 0 Å². The van der Waals surface area contributed by atoms with Crippen molar-refractivity contribution in [2.45, 2.75) is 0 Å². The number of nitrogens with zero attached hydrogens (tertiary/aromatic N) is 4. The van der Waals surface area contributed by atoms with Gasteiger partial charge in [0.1, 0.15) is 0 Å². The molecule has 4 heterocycles. The fraction of sp³-hybridized carbons (Fsp3) is 0. The standard InChI is InChI=1S/C98H61BN4/c1-5-26-62(27-6-1)71-40-23-41-72(63-28-7-2-8-29-63)97(71)102-90-57-52-67(70-54-55-83-81-45-22-35-66-34-21-44-80(94(66)81)82-47-25-46-79(70)95(82)83)58-85(90)99-84-56-53-68(100-86-48-17-13-36-75(86)76-37-14-18-49-87(76)100)59-91(84)103(98-73(64-30-9-3-10-31-64)42-24-43-74(98)65-32-11-4-12-33-65)93-61-69(60-92(102)96(93)99)101-88-50-19-15-38-77(88)78-39-16-20-51-89(78)101/h1-61H. The largest absolute Gasteiger partial charge is 0.310 e. The van der Waals surface area contributed by atoms with Crippen molar-refractivity contribution in [3.05, 3.63) is 370 Å². The van der Waals surface area contributed by atoms with Gasteiger partial charge in [-0.05, 0) is 147 Å². The lowest BCUT2D eigenvalue weighted by Crippen LogP contribution is -2.61. The van der Waals surface area contributed by atoms with Gasteiger partial charge in [-0.1, -0.05) is 315 Å². The highest BCUT2D eigenvalue weighted by Crippen LogP contribution is 2.55. The molecule has 2 aliphatic rings. The Bertz CT molecular complexity index is 6600. The maximum Gasteiger partial charge on any atom is 0.252 e. The lowest BCUT2D eigenvalue weighted by Gasteiger charge is -2.46. The van der Waals surface area contributed by atoms with E-state index in [0.29, 0.717) is 0 Å². The molecule has 0 unspecified atom stereocenters. The van der Waals surface area contributed by atoms with Gasteiger partial charge in [-0.3, -0.25) is 0 Å². The van der Waals surface area contributed by atoms with Crippen LogP contribution in [0, 0.1) is 0 Å². The van der Waals surface area contributed by atoms with Crippen LogP contribution in [0.25, 0.3) is 154 Å². The smallest absolute Gasteiger partial charge is 0.252 e. The highest BCUT2D eigenvalue weighted by Gasteiger charge is 2.46. The first-order valence-corrected chi connectivity index (χ1v) is 35.8. The van der Waals surface area contributed by atoms with E-state index in [9.17, 15) is 0 Å².